The van der Waals surface area contributed by atoms with Crippen LogP contribution < -0.4 is 23.7 Å². The lowest BCUT2D eigenvalue weighted by atomic mass is 9.48. The van der Waals surface area contributed by atoms with E-state index in [2.05, 4.69) is 9.80 Å². The Bertz CT molecular complexity index is 3000. The number of esters is 4. The summed E-state index contributed by atoms with van der Waals surface area (Å²) in [7, 11) is 0. The summed E-state index contributed by atoms with van der Waals surface area (Å²) in [5.74, 6) is -0.644. The van der Waals surface area contributed by atoms with Crippen LogP contribution in [0.1, 0.15) is 117 Å². The standard InChI is InChI=1S/C59H60N2O13/c1-30(62)70-38-19-36(23-50(66)72-46-9-7-34-21-48-58(68)13-11-44(64)43-27-42(46)52(34)56(43,58)15-17-60(48)28-32-3-4-32)40-25-39(71-31(2)63)20-37(41(40)26-38)24-51(67)73-47-10-8-35-22-49-59(69)14-12-45(65)55-57(59,53(35)54(47)74-55)16-18-61(49)29-33-5-6-33/h7-10,19-20,25-26,32-33,43,48-49,55,68-69H,3-6,11-18,21-24,27-29H2,1-2H3/t43-,48+,49+,55-,56+,57-,58+,59+/m0/s1. The number of ether oxygens (including phenoxy) is 5. The largest absolute Gasteiger partial charge is 0.477 e. The number of hydrogen-bond donors (Lipinski definition) is 2. The van der Waals surface area contributed by atoms with Crippen LogP contribution in [0.4, 0.5) is 0 Å². The summed E-state index contributed by atoms with van der Waals surface area (Å²) < 4.78 is 30.3. The molecule has 3 aliphatic heterocycles. The van der Waals surface area contributed by atoms with Crippen molar-refractivity contribution in [2.24, 2.45) is 17.8 Å². The minimum Gasteiger partial charge on any atom is -0.477 e. The van der Waals surface area contributed by atoms with Crippen molar-refractivity contribution in [2.45, 2.75) is 150 Å². The lowest BCUT2D eigenvalue weighted by Crippen LogP contribution is -2.76. The number of aliphatic hydroxyl groups is 2. The molecule has 0 aromatic heterocycles. The van der Waals surface area contributed by atoms with Crippen molar-refractivity contribution in [3.63, 3.8) is 0 Å². The van der Waals surface area contributed by atoms with E-state index in [1.807, 2.05) is 18.2 Å². The summed E-state index contributed by atoms with van der Waals surface area (Å²) in [5, 5.41) is 26.5. The van der Waals surface area contributed by atoms with E-state index in [1.54, 1.807) is 24.3 Å². The van der Waals surface area contributed by atoms with Gasteiger partial charge < -0.3 is 33.9 Å². The molecule has 7 aliphatic carbocycles. The van der Waals surface area contributed by atoms with Crippen LogP contribution in [-0.2, 0) is 71.7 Å². The molecule has 10 aliphatic rings. The van der Waals surface area contributed by atoms with Crippen LogP contribution in [0.5, 0.6) is 28.7 Å². The van der Waals surface area contributed by atoms with E-state index in [0.29, 0.717) is 96.6 Å². The van der Waals surface area contributed by atoms with Gasteiger partial charge in [0.1, 0.15) is 23.0 Å². The van der Waals surface area contributed by atoms with Gasteiger partial charge in [-0.25, -0.2) is 0 Å². The maximum atomic E-state index is 14.4. The van der Waals surface area contributed by atoms with Crippen molar-refractivity contribution < 1.29 is 62.7 Å². The number of carbonyl (C=O) groups excluding carboxylic acids is 6. The van der Waals surface area contributed by atoms with Gasteiger partial charge in [0, 0.05) is 68.8 Å². The molecule has 384 valence electrons. The summed E-state index contributed by atoms with van der Waals surface area (Å²) >= 11 is 0. The molecule has 15 nitrogen and oxygen atoms in total. The molecule has 4 bridgehead atoms. The molecule has 3 heterocycles. The van der Waals surface area contributed by atoms with Gasteiger partial charge in [0.2, 0.25) is 0 Å². The van der Waals surface area contributed by atoms with E-state index in [-0.39, 0.29) is 60.2 Å². The molecule has 0 radical (unpaired) electrons. The molecule has 0 amide bonds. The van der Waals surface area contributed by atoms with Crippen LogP contribution in [0.3, 0.4) is 0 Å². The Hall–Kier alpha value is -6.00. The first-order chi connectivity index (χ1) is 35.6. The summed E-state index contributed by atoms with van der Waals surface area (Å²) in [5.41, 5.74) is 1.31. The van der Waals surface area contributed by atoms with Crippen LogP contribution in [0, 0.1) is 17.8 Å². The highest BCUT2D eigenvalue weighted by molar-refractivity contribution is 5.97. The highest BCUT2D eigenvalue weighted by Gasteiger charge is 2.74. The maximum absolute atomic E-state index is 14.4. The highest BCUT2D eigenvalue weighted by Crippen LogP contribution is 2.67. The third-order valence-electron chi connectivity index (χ3n) is 19.5. The molecule has 4 saturated carbocycles. The Kier molecular flexibility index (Phi) is 10.2. The fourth-order valence-corrected chi connectivity index (χ4v) is 16.2. The fraction of sp³-hybridized carbons (Fsp3) is 0.525. The van der Waals surface area contributed by atoms with Gasteiger partial charge in [-0.05, 0) is 176 Å². The zero-order chi connectivity index (χ0) is 50.8. The van der Waals surface area contributed by atoms with Crippen molar-refractivity contribution in [3.05, 3.63) is 87.5 Å². The monoisotopic (exact) mass is 1000 g/mol. The number of likely N-dealkylation sites (tertiary alicyclic amines) is 2. The minimum atomic E-state index is -1.19. The van der Waals surface area contributed by atoms with Crippen molar-refractivity contribution >= 4 is 46.2 Å². The number of fused-ring (bicyclic) bond motifs is 1. The van der Waals surface area contributed by atoms with Gasteiger partial charge in [-0.2, -0.15) is 0 Å². The molecule has 2 N–H and O–H groups in total. The first-order valence-electron chi connectivity index (χ1n) is 26.9. The second kappa shape index (κ2) is 16.3. The molecular formula is C59H60N2O13. The van der Waals surface area contributed by atoms with Crippen molar-refractivity contribution in [1.82, 2.24) is 9.80 Å². The topological polar surface area (TPSA) is 196 Å². The van der Waals surface area contributed by atoms with Gasteiger partial charge in [0.25, 0.3) is 0 Å². The Morgan fingerprint density at radius 3 is 1.70 bits per heavy atom. The molecular weight excluding hydrogens is 945 g/mol. The zero-order valence-corrected chi connectivity index (χ0v) is 41.8. The first-order valence-corrected chi connectivity index (χ1v) is 26.9. The van der Waals surface area contributed by atoms with E-state index >= 15 is 0 Å². The Morgan fingerprint density at radius 2 is 1.14 bits per heavy atom. The van der Waals surface area contributed by atoms with E-state index in [0.717, 1.165) is 54.0 Å². The second-order valence-corrected chi connectivity index (χ2v) is 23.5. The van der Waals surface area contributed by atoms with Gasteiger partial charge in [-0.15, -0.1) is 0 Å². The summed E-state index contributed by atoms with van der Waals surface area (Å²) in [6.45, 7) is 5.93. The first kappa shape index (κ1) is 46.5. The lowest BCUT2D eigenvalue weighted by Gasteiger charge is -2.64. The molecule has 6 fully saturated rings. The Labute approximate surface area is 427 Å². The average molecular weight is 1010 g/mol. The van der Waals surface area contributed by atoms with Crippen molar-refractivity contribution in [3.8, 4) is 28.7 Å². The number of ketones is 2. The van der Waals surface area contributed by atoms with Crippen molar-refractivity contribution in [2.75, 3.05) is 26.2 Å². The van der Waals surface area contributed by atoms with Gasteiger partial charge in [-0.3, -0.25) is 38.6 Å². The summed E-state index contributed by atoms with van der Waals surface area (Å²) in [6.07, 6.45) is 7.28. The molecule has 2 spiro atoms. The number of Topliss-reactive ketones (excluding diaryl/α,β-unsaturated/α-hetero) is 2. The average Bonchev–Trinajstić information content (AvgIpc) is 4.30. The molecule has 15 heteroatoms. The lowest BCUT2D eigenvalue weighted by molar-refractivity contribution is -0.188. The predicted molar refractivity (Wildman–Crippen MR) is 264 cm³/mol. The van der Waals surface area contributed by atoms with Crippen LogP contribution in [0.15, 0.2) is 48.5 Å². The van der Waals surface area contributed by atoms with Crippen LogP contribution in [0.2, 0.25) is 0 Å². The zero-order valence-electron chi connectivity index (χ0n) is 41.8. The molecule has 4 aromatic rings. The minimum absolute atomic E-state index is 0.0754. The van der Waals surface area contributed by atoms with Gasteiger partial charge >= 0.3 is 23.9 Å². The normalized spacial score (nSPS) is 31.8. The smallest absolute Gasteiger partial charge is 0.315 e. The highest BCUT2D eigenvalue weighted by atomic mass is 16.6. The second-order valence-electron chi connectivity index (χ2n) is 23.5. The number of benzene rings is 4. The molecule has 2 saturated heterocycles. The quantitative estimate of drug-likeness (QED) is 0.130. The Balaban J connectivity index is 0.779. The number of rotatable bonds is 12. The van der Waals surface area contributed by atoms with E-state index < -0.39 is 57.9 Å². The number of hydrogen-bond acceptors (Lipinski definition) is 15. The molecule has 4 aromatic carbocycles. The van der Waals surface area contributed by atoms with E-state index in [1.165, 1.54) is 45.6 Å². The fourth-order valence-electron chi connectivity index (χ4n) is 16.2. The molecule has 8 atom stereocenters. The number of carbonyl (C=O) groups is 6. The third-order valence-corrected chi connectivity index (χ3v) is 19.5. The van der Waals surface area contributed by atoms with Gasteiger partial charge in [0.05, 0.1) is 29.5 Å². The SMILES string of the molecule is CC(=O)Oc1cc(CC(=O)Oc2ccc3c4c2O[C@H]2C(=O)CC[C@@]5(O)[C@@H](C3)N(CC3CC3)CC[C@]425)c2cc(OC(C)=O)cc(CC(=O)Oc3ccc4c5c3C[C@H]3C(=O)CC[C@@]6(O)[C@@H](C4)N(CC4CC4)CC[C@]536)c2c1. The number of nitrogens with zero attached hydrogens (tertiary/aromatic N) is 2. The Morgan fingerprint density at radius 1 is 0.622 bits per heavy atom. The van der Waals surface area contributed by atoms with Gasteiger partial charge in [0.15, 0.2) is 23.4 Å². The van der Waals surface area contributed by atoms with Crippen molar-refractivity contribution in [1.29, 1.82) is 0 Å². The van der Waals surface area contributed by atoms with Crippen LogP contribution in [-0.4, -0.2) is 111 Å². The molecule has 0 unspecified atom stereocenters. The van der Waals surface area contributed by atoms with Gasteiger partial charge in [-0.1, -0.05) is 12.1 Å². The van der Waals surface area contributed by atoms with Crippen LogP contribution >= 0.6 is 0 Å². The maximum Gasteiger partial charge on any atom is 0.315 e. The number of piperidine rings is 2. The van der Waals surface area contributed by atoms with Crippen LogP contribution in [0.25, 0.3) is 10.8 Å². The van der Waals surface area contributed by atoms with E-state index in [9.17, 15) is 39.0 Å². The molecule has 14 rings (SSSR count). The molecule has 74 heavy (non-hydrogen) atoms. The summed E-state index contributed by atoms with van der Waals surface area (Å²) in [6, 6.07) is 13.4. The predicted octanol–water partition coefficient (Wildman–Crippen LogP) is 5.66. The third kappa shape index (κ3) is 6.70. The summed E-state index contributed by atoms with van der Waals surface area (Å²) in [4.78, 5) is 86.2. The van der Waals surface area contributed by atoms with E-state index in [4.69, 9.17) is 23.7 Å².